The molecule has 0 saturated carbocycles. The van der Waals surface area contributed by atoms with E-state index in [2.05, 4.69) is 19.9 Å². The fraction of sp³-hybridized carbons (Fsp3) is 0. The maximum absolute atomic E-state index is 11.1. The van der Waals surface area contributed by atoms with Gasteiger partial charge in [0.1, 0.15) is 5.82 Å². The third kappa shape index (κ3) is 2.88. The fourth-order valence-electron chi connectivity index (χ4n) is 1.03. The van der Waals surface area contributed by atoms with Crippen molar-refractivity contribution in [3.05, 3.63) is 34.4 Å². The van der Waals surface area contributed by atoms with Gasteiger partial charge < -0.3 is 10.7 Å². The molecule has 0 bridgehead atoms. The summed E-state index contributed by atoms with van der Waals surface area (Å²) in [6.45, 7) is 0. The molecule has 86 valence electrons. The summed E-state index contributed by atoms with van der Waals surface area (Å²) in [6, 6.07) is 1.18. The van der Waals surface area contributed by atoms with E-state index in [1.807, 2.05) is 0 Å². The maximum Gasteiger partial charge on any atom is 0.253 e. The van der Waals surface area contributed by atoms with E-state index >= 15 is 0 Å². The topological polar surface area (TPSA) is 115 Å². The van der Waals surface area contributed by atoms with E-state index in [1.54, 1.807) is 0 Å². The van der Waals surface area contributed by atoms with Crippen LogP contribution in [0.3, 0.4) is 0 Å². The number of hydrogen-bond acceptors (Lipinski definition) is 7. The predicted octanol–water partition coefficient (Wildman–Crippen LogP) is 0.106. The van der Waals surface area contributed by atoms with Gasteiger partial charge in [-0.1, -0.05) is 0 Å². The molecule has 17 heavy (non-hydrogen) atoms. The van der Waals surface area contributed by atoms with Gasteiger partial charge in [0.05, 0.1) is 5.56 Å². The van der Waals surface area contributed by atoms with Crippen molar-refractivity contribution in [3.8, 4) is 0 Å². The summed E-state index contributed by atoms with van der Waals surface area (Å²) in [5.41, 5.74) is 5.46. The number of anilines is 1. The minimum atomic E-state index is -0.343. The molecule has 7 nitrogen and oxygen atoms in total. The van der Waals surface area contributed by atoms with Crippen LogP contribution >= 0.6 is 11.8 Å². The summed E-state index contributed by atoms with van der Waals surface area (Å²) in [5, 5.41) is 0.665. The molecular weight excluding hydrogens is 242 g/mol. The molecule has 0 aliphatic rings. The normalized spacial score (nSPS) is 10.1. The summed E-state index contributed by atoms with van der Waals surface area (Å²) in [6.07, 6.45) is 3.41. The molecule has 0 radical (unpaired) electrons. The molecule has 0 aromatic carbocycles. The lowest BCUT2D eigenvalue weighted by Gasteiger charge is -1.99. The zero-order valence-corrected chi connectivity index (χ0v) is 9.27. The van der Waals surface area contributed by atoms with Crippen molar-refractivity contribution in [2.24, 2.45) is 0 Å². The number of aromatic nitrogens is 4. The zero-order valence-electron chi connectivity index (χ0n) is 8.45. The molecular formula is C9H7N5O2S. The first kappa shape index (κ1) is 11.3. The third-order valence-electron chi connectivity index (χ3n) is 1.71. The Bertz CT molecular complexity index is 595. The summed E-state index contributed by atoms with van der Waals surface area (Å²) in [7, 11) is 0. The highest BCUT2D eigenvalue weighted by Gasteiger charge is 2.04. The van der Waals surface area contributed by atoms with Gasteiger partial charge >= 0.3 is 0 Å². The minimum absolute atomic E-state index is 0.126. The van der Waals surface area contributed by atoms with Crippen LogP contribution in [-0.2, 0) is 0 Å². The van der Waals surface area contributed by atoms with Crippen molar-refractivity contribution < 1.29 is 4.79 Å². The second-order valence-corrected chi connectivity index (χ2v) is 3.95. The van der Waals surface area contributed by atoms with Crippen LogP contribution < -0.4 is 11.3 Å². The Morgan fingerprint density at radius 2 is 2.06 bits per heavy atom. The number of hydrogen-bond donors (Lipinski definition) is 2. The van der Waals surface area contributed by atoms with Crippen molar-refractivity contribution in [1.29, 1.82) is 0 Å². The molecule has 0 fully saturated rings. The van der Waals surface area contributed by atoms with E-state index in [-0.39, 0.29) is 11.4 Å². The lowest BCUT2D eigenvalue weighted by Crippen LogP contribution is -2.09. The number of aromatic amines is 1. The Kier molecular flexibility index (Phi) is 3.15. The summed E-state index contributed by atoms with van der Waals surface area (Å²) < 4.78 is 0. The molecule has 2 aromatic rings. The van der Waals surface area contributed by atoms with Crippen LogP contribution in [0.4, 0.5) is 5.82 Å². The monoisotopic (exact) mass is 249 g/mol. The van der Waals surface area contributed by atoms with E-state index in [0.717, 1.165) is 11.8 Å². The Hall–Kier alpha value is -2.22. The highest BCUT2D eigenvalue weighted by molar-refractivity contribution is 7.99. The quantitative estimate of drug-likeness (QED) is 0.585. The van der Waals surface area contributed by atoms with E-state index in [9.17, 15) is 9.59 Å². The molecule has 2 heterocycles. The van der Waals surface area contributed by atoms with Crippen LogP contribution in [0.2, 0.25) is 0 Å². The second kappa shape index (κ2) is 4.74. The van der Waals surface area contributed by atoms with E-state index < -0.39 is 0 Å². The molecule has 8 heteroatoms. The molecule has 0 spiro atoms. The lowest BCUT2D eigenvalue weighted by molar-refractivity contribution is 0.112. The molecule has 0 saturated heterocycles. The first-order chi connectivity index (χ1) is 8.17. The number of carbonyl (C=O) groups excluding carboxylic acids is 1. The van der Waals surface area contributed by atoms with Gasteiger partial charge in [-0.05, 0) is 11.8 Å². The highest BCUT2D eigenvalue weighted by atomic mass is 32.2. The van der Waals surface area contributed by atoms with Gasteiger partial charge in [0.25, 0.3) is 5.56 Å². The number of nitrogens with one attached hydrogen (secondary N) is 1. The van der Waals surface area contributed by atoms with Gasteiger partial charge in [-0.25, -0.2) is 15.0 Å². The standard InChI is InChI=1S/C9H7N5O2S/c10-6-1-7(16)14-9(13-6)17-8-11-2-5(4-15)3-12-8/h1-4H,(H3,10,13,14,16). The first-order valence-electron chi connectivity index (χ1n) is 4.49. The predicted molar refractivity (Wildman–Crippen MR) is 60.8 cm³/mol. The van der Waals surface area contributed by atoms with Gasteiger partial charge in [0.15, 0.2) is 16.6 Å². The second-order valence-electron chi connectivity index (χ2n) is 2.99. The van der Waals surface area contributed by atoms with Crippen molar-refractivity contribution >= 4 is 23.9 Å². The number of carbonyl (C=O) groups is 1. The fourth-order valence-corrected chi connectivity index (χ4v) is 1.71. The maximum atomic E-state index is 11.1. The summed E-state index contributed by atoms with van der Waals surface area (Å²) in [4.78, 5) is 35.8. The molecule has 0 aliphatic heterocycles. The lowest BCUT2D eigenvalue weighted by atomic mass is 10.4. The minimum Gasteiger partial charge on any atom is -0.383 e. The molecule has 2 rings (SSSR count). The third-order valence-corrected chi connectivity index (χ3v) is 2.49. The Balaban J connectivity index is 2.24. The van der Waals surface area contributed by atoms with Crippen LogP contribution in [0.25, 0.3) is 0 Å². The summed E-state index contributed by atoms with van der Waals surface area (Å²) >= 11 is 1.05. The van der Waals surface area contributed by atoms with Crippen molar-refractivity contribution in [2.45, 2.75) is 10.3 Å². The van der Waals surface area contributed by atoms with Crippen LogP contribution in [0.1, 0.15) is 10.4 Å². The zero-order chi connectivity index (χ0) is 12.3. The molecule has 0 aliphatic carbocycles. The van der Waals surface area contributed by atoms with Gasteiger partial charge in [0.2, 0.25) is 0 Å². The number of rotatable bonds is 3. The van der Waals surface area contributed by atoms with Gasteiger partial charge in [0, 0.05) is 18.5 Å². The van der Waals surface area contributed by atoms with Gasteiger partial charge in [-0.15, -0.1) is 0 Å². The Morgan fingerprint density at radius 3 is 2.65 bits per heavy atom. The van der Waals surface area contributed by atoms with Crippen molar-refractivity contribution in [2.75, 3.05) is 5.73 Å². The Labute approximate surface area is 99.5 Å². The van der Waals surface area contributed by atoms with Crippen LogP contribution in [0, 0.1) is 0 Å². The number of nitrogens with two attached hydrogens (primary N) is 1. The first-order valence-corrected chi connectivity index (χ1v) is 5.31. The van der Waals surface area contributed by atoms with E-state index in [1.165, 1.54) is 18.5 Å². The SMILES string of the molecule is Nc1cc(=O)[nH]c(Sc2ncc(C=O)cn2)n1. The van der Waals surface area contributed by atoms with E-state index in [0.29, 0.717) is 22.2 Å². The molecule has 2 aromatic heterocycles. The van der Waals surface area contributed by atoms with Crippen LogP contribution in [0.15, 0.2) is 33.6 Å². The molecule has 0 amide bonds. The molecule has 3 N–H and O–H groups in total. The van der Waals surface area contributed by atoms with Crippen LogP contribution in [-0.4, -0.2) is 26.2 Å². The number of aldehydes is 1. The molecule has 0 atom stereocenters. The van der Waals surface area contributed by atoms with Crippen LogP contribution in [0.5, 0.6) is 0 Å². The van der Waals surface area contributed by atoms with Gasteiger partial charge in [-0.3, -0.25) is 9.59 Å². The molecule has 0 unspecified atom stereocenters. The van der Waals surface area contributed by atoms with Crippen molar-refractivity contribution in [3.63, 3.8) is 0 Å². The smallest absolute Gasteiger partial charge is 0.253 e. The number of nitrogens with zero attached hydrogens (tertiary/aromatic N) is 3. The number of H-pyrrole nitrogens is 1. The largest absolute Gasteiger partial charge is 0.383 e. The Morgan fingerprint density at radius 1 is 1.35 bits per heavy atom. The number of nitrogen functional groups attached to an aromatic ring is 1. The summed E-state index contributed by atoms with van der Waals surface area (Å²) in [5.74, 6) is 0.126. The van der Waals surface area contributed by atoms with Gasteiger partial charge in [-0.2, -0.15) is 0 Å². The average Bonchev–Trinajstić information content (AvgIpc) is 2.28. The average molecular weight is 249 g/mol. The van der Waals surface area contributed by atoms with E-state index in [4.69, 9.17) is 5.73 Å². The van der Waals surface area contributed by atoms with Crippen molar-refractivity contribution in [1.82, 2.24) is 19.9 Å². The highest BCUT2D eigenvalue weighted by Crippen LogP contribution is 2.19.